The monoisotopic (exact) mass is 599 g/mol. The number of hydrogen-bond donors (Lipinski definition) is 1. The quantitative estimate of drug-likeness (QED) is 0.291. The maximum absolute atomic E-state index is 14.0. The number of pyridine rings is 1. The molecule has 1 N–H and O–H groups in total. The summed E-state index contributed by atoms with van der Waals surface area (Å²) in [6, 6.07) is 17.4. The number of nitrogens with one attached hydrogen (secondary N) is 1. The van der Waals surface area contributed by atoms with Gasteiger partial charge in [0, 0.05) is 35.5 Å². The summed E-state index contributed by atoms with van der Waals surface area (Å²) in [6.45, 7) is 8.53. The smallest absolute Gasteiger partial charge is 0.240 e. The van der Waals surface area contributed by atoms with Crippen molar-refractivity contribution in [3.8, 4) is 17.2 Å². The van der Waals surface area contributed by atoms with Gasteiger partial charge >= 0.3 is 0 Å². The predicted octanol–water partition coefficient (Wildman–Crippen LogP) is 5.38. The van der Waals surface area contributed by atoms with Gasteiger partial charge in [0.1, 0.15) is 23.9 Å². The van der Waals surface area contributed by atoms with Crippen molar-refractivity contribution in [1.29, 1.82) is 0 Å². The average molecular weight is 600 g/mol. The zero-order valence-corrected chi connectivity index (χ0v) is 26.2. The number of thioether (sulfide) groups is 1. The van der Waals surface area contributed by atoms with Crippen molar-refractivity contribution >= 4 is 29.4 Å². The van der Waals surface area contributed by atoms with Crippen LogP contribution in [-0.2, 0) is 21.5 Å². The van der Waals surface area contributed by atoms with Crippen LogP contribution < -0.4 is 19.7 Å². The number of rotatable bonds is 8. The van der Waals surface area contributed by atoms with E-state index < -0.39 is 0 Å². The minimum Gasteiger partial charge on any atom is -0.497 e. The van der Waals surface area contributed by atoms with Gasteiger partial charge in [0.25, 0.3) is 0 Å². The Kier molecular flexibility index (Phi) is 8.77. The van der Waals surface area contributed by atoms with Crippen molar-refractivity contribution in [2.75, 3.05) is 31.4 Å². The Morgan fingerprint density at radius 1 is 1.07 bits per heavy atom. The second kappa shape index (κ2) is 12.5. The van der Waals surface area contributed by atoms with Crippen LogP contribution in [0.5, 0.6) is 11.5 Å². The summed E-state index contributed by atoms with van der Waals surface area (Å²) < 4.78 is 13.2. The third kappa shape index (κ3) is 6.39. The number of carbonyl (C=O) groups excluding carboxylic acids is 2. The molecule has 9 nitrogen and oxygen atoms in total. The van der Waals surface area contributed by atoms with Gasteiger partial charge in [0.05, 0.1) is 36.6 Å². The minimum absolute atomic E-state index is 0.152. The molecule has 224 valence electrons. The summed E-state index contributed by atoms with van der Waals surface area (Å²) >= 11 is 1.50. The molecule has 3 heterocycles. The number of benzene rings is 2. The highest BCUT2D eigenvalue weighted by Crippen LogP contribution is 2.51. The van der Waals surface area contributed by atoms with E-state index in [0.29, 0.717) is 23.9 Å². The second-order valence-electron chi connectivity index (χ2n) is 11.5. The summed E-state index contributed by atoms with van der Waals surface area (Å²) in [5, 5.41) is 7.82. The third-order valence-corrected chi connectivity index (χ3v) is 8.54. The summed E-state index contributed by atoms with van der Waals surface area (Å²) in [4.78, 5) is 33.0. The van der Waals surface area contributed by atoms with Crippen molar-refractivity contribution < 1.29 is 19.1 Å². The lowest BCUT2D eigenvalue weighted by Crippen LogP contribution is -2.42. The first-order valence-corrected chi connectivity index (χ1v) is 15.2. The molecule has 2 amide bonds. The van der Waals surface area contributed by atoms with Crippen LogP contribution in [0, 0.1) is 6.92 Å². The predicted molar refractivity (Wildman–Crippen MR) is 169 cm³/mol. The maximum Gasteiger partial charge on any atom is 0.240 e. The van der Waals surface area contributed by atoms with Crippen LogP contribution >= 0.6 is 11.8 Å². The fourth-order valence-corrected chi connectivity index (χ4v) is 6.42. The Hall–Kier alpha value is -4.31. The van der Waals surface area contributed by atoms with Gasteiger partial charge in [-0.2, -0.15) is 5.10 Å². The topological polar surface area (TPSA) is 98.6 Å². The number of aromatic nitrogens is 3. The van der Waals surface area contributed by atoms with E-state index in [1.165, 1.54) is 11.8 Å². The zero-order chi connectivity index (χ0) is 30.7. The lowest BCUT2D eigenvalue weighted by atomic mass is 9.87. The molecule has 1 aliphatic rings. The standard InChI is InChI=1S/C33H37N5O4S/c1-21-8-7-9-23(16-21)38-32-29(31(36-38)33(2,3)4)30(25-17-24(41-5)10-11-26(25)42-6)43-20-28(40)37(32)19-27(39)35-18-22-12-14-34-15-13-22/h7-17,30H,18-20H2,1-6H3,(H,35,39)/t30-/m0/s1. The molecule has 10 heteroatoms. The molecule has 0 saturated carbocycles. The van der Waals surface area contributed by atoms with E-state index in [9.17, 15) is 9.59 Å². The van der Waals surface area contributed by atoms with Crippen molar-refractivity contribution in [1.82, 2.24) is 20.1 Å². The highest BCUT2D eigenvalue weighted by molar-refractivity contribution is 8.00. The SMILES string of the molecule is COc1ccc(OC)c([C@@H]2SCC(=O)N(CC(=O)NCc3ccncc3)c3c2c(C(C)(C)C)nn3-c2cccc(C)c2)c1. The van der Waals surface area contributed by atoms with E-state index in [1.807, 2.05) is 66.2 Å². The van der Waals surface area contributed by atoms with E-state index >= 15 is 0 Å². The van der Waals surface area contributed by atoms with Gasteiger partial charge in [-0.15, -0.1) is 11.8 Å². The molecular formula is C33H37N5O4S. The molecule has 43 heavy (non-hydrogen) atoms. The summed E-state index contributed by atoms with van der Waals surface area (Å²) in [5.74, 6) is 1.67. The first kappa shape index (κ1) is 30.2. The highest BCUT2D eigenvalue weighted by Gasteiger charge is 2.40. The number of aryl methyl sites for hydroxylation is 1. The van der Waals surface area contributed by atoms with E-state index in [4.69, 9.17) is 14.6 Å². The Morgan fingerprint density at radius 2 is 1.84 bits per heavy atom. The van der Waals surface area contributed by atoms with Crippen molar-refractivity contribution in [3.05, 3.63) is 94.9 Å². The first-order valence-electron chi connectivity index (χ1n) is 14.1. The molecule has 0 unspecified atom stereocenters. The van der Waals surface area contributed by atoms with Crippen LogP contribution in [0.3, 0.4) is 0 Å². The summed E-state index contributed by atoms with van der Waals surface area (Å²) in [6.07, 6.45) is 3.37. The number of methoxy groups -OCH3 is 2. The average Bonchev–Trinajstić information content (AvgIpc) is 3.34. The number of fused-ring (bicyclic) bond motifs is 1. The maximum atomic E-state index is 14.0. The fraction of sp³-hybridized carbons (Fsp3) is 0.333. The number of anilines is 1. The molecule has 0 saturated heterocycles. The van der Waals surface area contributed by atoms with Crippen molar-refractivity contribution in [2.45, 2.75) is 44.9 Å². The third-order valence-electron chi connectivity index (χ3n) is 7.31. The summed E-state index contributed by atoms with van der Waals surface area (Å²) in [7, 11) is 3.27. The Bertz CT molecular complexity index is 1630. The Morgan fingerprint density at radius 3 is 2.51 bits per heavy atom. The molecule has 4 aromatic rings. The van der Waals surface area contributed by atoms with Crippen LogP contribution in [0.4, 0.5) is 5.82 Å². The highest BCUT2D eigenvalue weighted by atomic mass is 32.2. The van der Waals surface area contributed by atoms with Gasteiger partial charge in [-0.05, 0) is 60.5 Å². The van der Waals surface area contributed by atoms with Crippen LogP contribution in [0.2, 0.25) is 0 Å². The molecular weight excluding hydrogens is 562 g/mol. The number of carbonyl (C=O) groups is 2. The number of nitrogens with zero attached hydrogens (tertiary/aromatic N) is 4. The lowest BCUT2D eigenvalue weighted by molar-refractivity contribution is -0.123. The molecule has 1 atom stereocenters. The van der Waals surface area contributed by atoms with Crippen molar-refractivity contribution in [2.24, 2.45) is 0 Å². The lowest BCUT2D eigenvalue weighted by Gasteiger charge is -2.25. The summed E-state index contributed by atoms with van der Waals surface area (Å²) in [5.41, 5.74) is 4.99. The van der Waals surface area contributed by atoms with E-state index in [2.05, 4.69) is 31.1 Å². The van der Waals surface area contributed by atoms with Crippen LogP contribution in [0.25, 0.3) is 5.69 Å². The van der Waals surface area contributed by atoms with E-state index in [-0.39, 0.29) is 34.8 Å². The van der Waals surface area contributed by atoms with Gasteiger partial charge in [0.15, 0.2) is 0 Å². The van der Waals surface area contributed by atoms with Crippen LogP contribution in [0.15, 0.2) is 67.0 Å². The molecule has 0 radical (unpaired) electrons. The van der Waals surface area contributed by atoms with Gasteiger partial charge in [-0.3, -0.25) is 19.5 Å². The fourth-order valence-electron chi connectivity index (χ4n) is 5.20. The molecule has 2 aromatic heterocycles. The zero-order valence-electron chi connectivity index (χ0n) is 25.4. The number of amides is 2. The largest absolute Gasteiger partial charge is 0.497 e. The molecule has 0 spiro atoms. The molecule has 2 aromatic carbocycles. The van der Waals surface area contributed by atoms with Crippen molar-refractivity contribution in [3.63, 3.8) is 0 Å². The molecule has 0 fully saturated rings. The number of ether oxygens (including phenoxy) is 2. The molecule has 5 rings (SSSR count). The minimum atomic E-state index is -0.382. The van der Waals surface area contributed by atoms with E-state index in [0.717, 1.165) is 33.6 Å². The molecule has 0 aliphatic carbocycles. The Labute approximate surface area is 256 Å². The van der Waals surface area contributed by atoms with Crippen LogP contribution in [0.1, 0.15) is 54.0 Å². The Balaban J connectivity index is 1.70. The van der Waals surface area contributed by atoms with Gasteiger partial charge in [-0.25, -0.2) is 4.68 Å². The van der Waals surface area contributed by atoms with Crippen LogP contribution in [-0.4, -0.2) is 53.1 Å². The number of hydrogen-bond acceptors (Lipinski definition) is 7. The normalized spacial score (nSPS) is 15.1. The van der Waals surface area contributed by atoms with Gasteiger partial charge < -0.3 is 14.8 Å². The first-order chi connectivity index (χ1) is 20.6. The van der Waals surface area contributed by atoms with E-state index in [1.54, 1.807) is 31.5 Å². The molecule has 1 aliphatic heterocycles. The second-order valence-corrected chi connectivity index (χ2v) is 12.6. The van der Waals surface area contributed by atoms with Gasteiger partial charge in [0.2, 0.25) is 11.8 Å². The van der Waals surface area contributed by atoms with Gasteiger partial charge in [-0.1, -0.05) is 32.9 Å². The molecule has 0 bridgehead atoms.